The summed E-state index contributed by atoms with van der Waals surface area (Å²) in [5.74, 6) is 0.935. The molecule has 0 bridgehead atoms. The third-order valence-corrected chi connectivity index (χ3v) is 3.90. The van der Waals surface area contributed by atoms with E-state index in [4.69, 9.17) is 0 Å². The molecule has 1 atom stereocenters. The molecule has 0 aromatic carbocycles. The Hall–Kier alpha value is -0.0800. The molecule has 2 rings (SSSR count). The molecule has 2 nitrogen and oxygen atoms in total. The van der Waals surface area contributed by atoms with Crippen LogP contribution in [-0.2, 0) is 0 Å². The Morgan fingerprint density at radius 3 is 2.75 bits per heavy atom. The van der Waals surface area contributed by atoms with E-state index in [0.717, 1.165) is 12.0 Å². The summed E-state index contributed by atoms with van der Waals surface area (Å²) < 4.78 is 0. The van der Waals surface area contributed by atoms with Gasteiger partial charge in [-0.15, -0.1) is 0 Å². The van der Waals surface area contributed by atoms with Gasteiger partial charge in [-0.2, -0.15) is 0 Å². The van der Waals surface area contributed by atoms with Crippen molar-refractivity contribution in [1.82, 2.24) is 10.2 Å². The maximum Gasteiger partial charge on any atom is 0.00682 e. The zero-order valence-electron chi connectivity index (χ0n) is 10.9. The van der Waals surface area contributed by atoms with Crippen LogP contribution in [0.3, 0.4) is 0 Å². The molecule has 1 saturated heterocycles. The summed E-state index contributed by atoms with van der Waals surface area (Å²) in [7, 11) is 0. The molecule has 0 radical (unpaired) electrons. The van der Waals surface area contributed by atoms with E-state index in [1.54, 1.807) is 0 Å². The second-order valence-electron chi connectivity index (χ2n) is 5.84. The molecule has 0 amide bonds. The lowest BCUT2D eigenvalue weighted by molar-refractivity contribution is 0.181. The summed E-state index contributed by atoms with van der Waals surface area (Å²) >= 11 is 0. The van der Waals surface area contributed by atoms with Gasteiger partial charge in [-0.05, 0) is 64.1 Å². The molecule has 1 unspecified atom stereocenters. The zero-order chi connectivity index (χ0) is 11.2. The number of piperidine rings is 1. The van der Waals surface area contributed by atoms with Crippen molar-refractivity contribution < 1.29 is 0 Å². The van der Waals surface area contributed by atoms with Crippen LogP contribution >= 0.6 is 0 Å². The van der Waals surface area contributed by atoms with Gasteiger partial charge in [0.05, 0.1) is 0 Å². The molecule has 2 aliphatic rings. The Labute approximate surface area is 101 Å². The average Bonchev–Trinajstić information content (AvgIpc) is 3.07. The Morgan fingerprint density at radius 1 is 1.12 bits per heavy atom. The number of likely N-dealkylation sites (tertiary alicyclic amines) is 1. The van der Waals surface area contributed by atoms with E-state index in [1.165, 1.54) is 71.1 Å². The number of nitrogens with one attached hydrogen (secondary N) is 1. The normalized spacial score (nSPS) is 27.2. The van der Waals surface area contributed by atoms with E-state index < -0.39 is 0 Å². The smallest absolute Gasteiger partial charge is 0.00682 e. The van der Waals surface area contributed by atoms with E-state index >= 15 is 0 Å². The van der Waals surface area contributed by atoms with Crippen molar-refractivity contribution in [2.24, 2.45) is 5.92 Å². The predicted octanol–water partition coefficient (Wildman–Crippen LogP) is 2.64. The first-order chi connectivity index (χ1) is 7.84. The summed E-state index contributed by atoms with van der Waals surface area (Å²) in [5, 5.41) is 3.59. The Balaban J connectivity index is 1.41. The quantitative estimate of drug-likeness (QED) is 0.669. The Morgan fingerprint density at radius 2 is 2.00 bits per heavy atom. The van der Waals surface area contributed by atoms with Gasteiger partial charge in [0.2, 0.25) is 0 Å². The lowest BCUT2D eigenvalue weighted by Crippen LogP contribution is -2.35. The molecule has 0 aromatic rings. The number of hydrogen-bond acceptors (Lipinski definition) is 2. The van der Waals surface area contributed by atoms with Crippen molar-refractivity contribution in [2.45, 2.75) is 57.9 Å². The van der Waals surface area contributed by atoms with Crippen molar-refractivity contribution in [2.75, 3.05) is 26.2 Å². The van der Waals surface area contributed by atoms with Crippen LogP contribution in [0.5, 0.6) is 0 Å². The second-order valence-corrected chi connectivity index (χ2v) is 5.84. The third-order valence-electron chi connectivity index (χ3n) is 3.90. The molecule has 1 heterocycles. The molecule has 16 heavy (non-hydrogen) atoms. The van der Waals surface area contributed by atoms with Gasteiger partial charge in [-0.3, -0.25) is 0 Å². The highest BCUT2D eigenvalue weighted by atomic mass is 15.1. The Kier molecular flexibility index (Phi) is 5.11. The highest BCUT2D eigenvalue weighted by Crippen LogP contribution is 2.18. The molecule has 1 aliphatic heterocycles. The van der Waals surface area contributed by atoms with Crippen LogP contribution in [0, 0.1) is 5.92 Å². The largest absolute Gasteiger partial charge is 0.314 e. The maximum atomic E-state index is 3.59. The molecule has 1 N–H and O–H groups in total. The summed E-state index contributed by atoms with van der Waals surface area (Å²) in [6.07, 6.45) is 9.90. The standard InChI is InChI=1S/C14H28N2/c1-13-6-5-11-16(12-13)10-4-2-3-9-15-14-7-8-14/h13-15H,2-12H2,1H3. The van der Waals surface area contributed by atoms with Gasteiger partial charge in [-0.1, -0.05) is 13.3 Å². The number of rotatable bonds is 7. The van der Waals surface area contributed by atoms with Gasteiger partial charge in [0.25, 0.3) is 0 Å². The van der Waals surface area contributed by atoms with Gasteiger partial charge >= 0.3 is 0 Å². The molecule has 1 saturated carbocycles. The number of unbranched alkanes of at least 4 members (excludes halogenated alkanes) is 2. The molecule has 0 spiro atoms. The van der Waals surface area contributed by atoms with Gasteiger partial charge in [0, 0.05) is 12.6 Å². The second kappa shape index (κ2) is 6.61. The van der Waals surface area contributed by atoms with Gasteiger partial charge in [-0.25, -0.2) is 0 Å². The molecular formula is C14H28N2. The van der Waals surface area contributed by atoms with Crippen LogP contribution in [-0.4, -0.2) is 37.1 Å². The Bertz CT molecular complexity index is 189. The van der Waals surface area contributed by atoms with Crippen molar-refractivity contribution >= 4 is 0 Å². The van der Waals surface area contributed by atoms with Gasteiger partial charge < -0.3 is 10.2 Å². The molecule has 94 valence electrons. The van der Waals surface area contributed by atoms with Crippen LogP contribution in [0.25, 0.3) is 0 Å². The van der Waals surface area contributed by atoms with Crippen LogP contribution in [0.4, 0.5) is 0 Å². The molecule has 2 heteroatoms. The van der Waals surface area contributed by atoms with Crippen LogP contribution in [0.15, 0.2) is 0 Å². The first-order valence-corrected chi connectivity index (χ1v) is 7.30. The van der Waals surface area contributed by atoms with E-state index in [2.05, 4.69) is 17.1 Å². The van der Waals surface area contributed by atoms with Crippen molar-refractivity contribution in [3.8, 4) is 0 Å². The highest BCUT2D eigenvalue weighted by Gasteiger charge is 2.19. The molecular weight excluding hydrogens is 196 g/mol. The van der Waals surface area contributed by atoms with Gasteiger partial charge in [0.15, 0.2) is 0 Å². The van der Waals surface area contributed by atoms with Crippen molar-refractivity contribution in [3.05, 3.63) is 0 Å². The SMILES string of the molecule is CC1CCCN(CCCCCNC2CC2)C1. The monoisotopic (exact) mass is 224 g/mol. The number of hydrogen-bond donors (Lipinski definition) is 1. The first-order valence-electron chi connectivity index (χ1n) is 7.30. The van der Waals surface area contributed by atoms with E-state index in [9.17, 15) is 0 Å². The fourth-order valence-corrected chi connectivity index (χ4v) is 2.72. The zero-order valence-corrected chi connectivity index (χ0v) is 10.9. The minimum atomic E-state index is 0.892. The molecule has 1 aliphatic carbocycles. The van der Waals surface area contributed by atoms with E-state index in [-0.39, 0.29) is 0 Å². The van der Waals surface area contributed by atoms with Crippen molar-refractivity contribution in [1.29, 1.82) is 0 Å². The maximum absolute atomic E-state index is 3.59. The van der Waals surface area contributed by atoms with Crippen molar-refractivity contribution in [3.63, 3.8) is 0 Å². The summed E-state index contributed by atoms with van der Waals surface area (Å²) in [6, 6.07) is 0.892. The van der Waals surface area contributed by atoms with Crippen LogP contribution in [0.2, 0.25) is 0 Å². The molecule has 0 aromatic heterocycles. The topological polar surface area (TPSA) is 15.3 Å². The van der Waals surface area contributed by atoms with E-state index in [0.29, 0.717) is 0 Å². The minimum absolute atomic E-state index is 0.892. The third kappa shape index (κ3) is 4.84. The highest BCUT2D eigenvalue weighted by molar-refractivity contribution is 4.80. The predicted molar refractivity (Wildman–Crippen MR) is 69.7 cm³/mol. The van der Waals surface area contributed by atoms with Crippen LogP contribution < -0.4 is 5.32 Å². The number of nitrogens with zero attached hydrogens (tertiary/aromatic N) is 1. The molecule has 2 fully saturated rings. The summed E-state index contributed by atoms with van der Waals surface area (Å²) in [4.78, 5) is 2.67. The van der Waals surface area contributed by atoms with E-state index in [1.807, 2.05) is 0 Å². The summed E-state index contributed by atoms with van der Waals surface area (Å²) in [5.41, 5.74) is 0. The lowest BCUT2D eigenvalue weighted by Gasteiger charge is -2.30. The lowest BCUT2D eigenvalue weighted by atomic mass is 10.00. The first kappa shape index (κ1) is 12.4. The summed E-state index contributed by atoms with van der Waals surface area (Å²) in [6.45, 7) is 7.69. The van der Waals surface area contributed by atoms with Crippen LogP contribution in [0.1, 0.15) is 51.9 Å². The van der Waals surface area contributed by atoms with Gasteiger partial charge in [0.1, 0.15) is 0 Å². The fraction of sp³-hybridized carbons (Fsp3) is 1.00. The average molecular weight is 224 g/mol. The minimum Gasteiger partial charge on any atom is -0.314 e. The fourth-order valence-electron chi connectivity index (χ4n) is 2.72.